The first-order valence-electron chi connectivity index (χ1n) is 6.60. The second-order valence-electron chi connectivity index (χ2n) is 4.94. The molecule has 0 aromatic carbocycles. The molecule has 0 amide bonds. The van der Waals surface area contributed by atoms with Crippen LogP contribution in [0.4, 0.5) is 0 Å². The van der Waals surface area contributed by atoms with Gasteiger partial charge in [-0.3, -0.25) is 0 Å². The summed E-state index contributed by atoms with van der Waals surface area (Å²) in [7, 11) is 0. The lowest BCUT2D eigenvalue weighted by Gasteiger charge is -2.17. The predicted octanol–water partition coefficient (Wildman–Crippen LogP) is 3.35. The molecule has 2 saturated carbocycles. The van der Waals surface area contributed by atoms with Gasteiger partial charge in [-0.15, -0.1) is 0 Å². The average Bonchev–Trinajstić information content (AvgIpc) is 2.32. The second-order valence-corrected chi connectivity index (χ2v) is 4.94. The van der Waals surface area contributed by atoms with E-state index in [1.807, 2.05) is 0 Å². The highest BCUT2D eigenvalue weighted by molar-refractivity contribution is 5.42. The third-order valence-electron chi connectivity index (χ3n) is 3.63. The Labute approximate surface area is 99.0 Å². The van der Waals surface area contributed by atoms with Crippen LogP contribution in [0, 0.1) is 0 Å². The maximum Gasteiger partial charge on any atom is 0.0898 e. The van der Waals surface area contributed by atoms with Crippen LogP contribution in [0.15, 0.2) is 9.98 Å². The third-order valence-corrected chi connectivity index (χ3v) is 3.63. The van der Waals surface area contributed by atoms with Crippen LogP contribution in [0.5, 0.6) is 0 Å². The fourth-order valence-corrected chi connectivity index (χ4v) is 2.62. The molecule has 0 N–H and O–H groups in total. The van der Waals surface area contributed by atoms with Gasteiger partial charge in [0.05, 0.1) is 18.1 Å². The zero-order valence-corrected chi connectivity index (χ0v) is 10.1. The number of nitrogens with zero attached hydrogens (tertiary/aromatic N) is 3. The van der Waals surface area contributed by atoms with Gasteiger partial charge in [-0.05, 0) is 25.7 Å². The predicted molar refractivity (Wildman–Crippen MR) is 65.7 cm³/mol. The summed E-state index contributed by atoms with van der Waals surface area (Å²) in [6, 6.07) is 4.04. The Balaban J connectivity index is 0.00000128. The van der Waals surface area contributed by atoms with Crippen molar-refractivity contribution in [3.8, 4) is 0 Å². The highest BCUT2D eigenvalue weighted by Crippen LogP contribution is 2.21. The van der Waals surface area contributed by atoms with E-state index in [9.17, 15) is 0 Å². The fourth-order valence-electron chi connectivity index (χ4n) is 2.62. The molecule has 3 nitrogen and oxygen atoms in total. The van der Waals surface area contributed by atoms with Gasteiger partial charge in [-0.2, -0.15) is 0 Å². The van der Waals surface area contributed by atoms with Crippen molar-refractivity contribution in [2.75, 3.05) is 0 Å². The fraction of sp³-hybridized carbons (Fsp3) is 0.923. The lowest BCUT2D eigenvalue weighted by Crippen LogP contribution is -2.10. The van der Waals surface area contributed by atoms with Crippen molar-refractivity contribution in [2.24, 2.45) is 9.98 Å². The van der Waals surface area contributed by atoms with Crippen LogP contribution >= 0.6 is 0 Å². The smallest absolute Gasteiger partial charge is 0.0898 e. The summed E-state index contributed by atoms with van der Waals surface area (Å²) in [6.45, 7) is 0. The van der Waals surface area contributed by atoms with Gasteiger partial charge in [-0.25, -0.2) is 9.98 Å². The lowest BCUT2D eigenvalue weighted by molar-refractivity contribution is 0.438. The summed E-state index contributed by atoms with van der Waals surface area (Å²) in [5.74, 6) is 0. The average molecular weight is 220 g/mol. The van der Waals surface area contributed by atoms with Crippen LogP contribution in [0.25, 0.3) is 0 Å². The van der Waals surface area contributed by atoms with Crippen LogP contribution in [-0.2, 0) is 0 Å². The zero-order valence-electron chi connectivity index (χ0n) is 10.1. The minimum absolute atomic E-state index is 0. The maximum absolute atomic E-state index is 4.46. The van der Waals surface area contributed by atoms with E-state index in [1.165, 1.54) is 64.2 Å². The minimum Gasteiger partial charge on any atom is -0.222 e. The first-order valence-corrected chi connectivity index (χ1v) is 6.60. The highest BCUT2D eigenvalue weighted by atomic mass is 14.9. The Hall–Kier alpha value is -0.660. The number of rotatable bonds is 2. The van der Waals surface area contributed by atoms with Gasteiger partial charge < -0.3 is 0 Å². The van der Waals surface area contributed by atoms with E-state index in [1.54, 1.807) is 0 Å². The summed E-state index contributed by atoms with van der Waals surface area (Å²) in [5, 5.41) is 0. The SMILES string of the molecule is C(=NC1CCCCC1)=NC1CCCCC1.[N]. The monoisotopic (exact) mass is 220 g/mol. The molecule has 2 rings (SSSR count). The summed E-state index contributed by atoms with van der Waals surface area (Å²) in [6.07, 6.45) is 13.2. The molecule has 2 aliphatic carbocycles. The molecular formula is C13H22N3. The van der Waals surface area contributed by atoms with Gasteiger partial charge in [0.2, 0.25) is 0 Å². The quantitative estimate of drug-likeness (QED) is 0.641. The van der Waals surface area contributed by atoms with Gasteiger partial charge in [-0.1, -0.05) is 38.5 Å². The first-order chi connectivity index (χ1) is 7.45. The third kappa shape index (κ3) is 4.46. The molecule has 0 spiro atoms. The summed E-state index contributed by atoms with van der Waals surface area (Å²) in [4.78, 5) is 8.92. The van der Waals surface area contributed by atoms with E-state index in [0.717, 1.165) is 0 Å². The molecule has 0 unspecified atom stereocenters. The second kappa shape index (κ2) is 7.59. The number of aliphatic imine (C=N–C) groups is 2. The van der Waals surface area contributed by atoms with Crippen LogP contribution < -0.4 is 6.15 Å². The molecule has 3 radical (unpaired) electrons. The standard InChI is InChI=1S/C13H22N2.N/c1-3-7-12(8-4-1)14-11-15-13-9-5-2-6-10-13;/h12-13H,1-10H2;. The van der Waals surface area contributed by atoms with Crippen LogP contribution in [0.3, 0.4) is 0 Å². The summed E-state index contributed by atoms with van der Waals surface area (Å²) < 4.78 is 0. The summed E-state index contributed by atoms with van der Waals surface area (Å²) in [5.41, 5.74) is 0. The summed E-state index contributed by atoms with van der Waals surface area (Å²) >= 11 is 0. The van der Waals surface area contributed by atoms with E-state index in [0.29, 0.717) is 12.1 Å². The molecular weight excluding hydrogens is 198 g/mol. The van der Waals surface area contributed by atoms with Crippen molar-refractivity contribution in [2.45, 2.75) is 76.3 Å². The van der Waals surface area contributed by atoms with Crippen molar-refractivity contribution in [1.82, 2.24) is 6.15 Å². The molecule has 0 aliphatic heterocycles. The van der Waals surface area contributed by atoms with E-state index in [2.05, 4.69) is 16.0 Å². The Bertz CT molecular complexity index is 210. The van der Waals surface area contributed by atoms with E-state index in [4.69, 9.17) is 0 Å². The molecule has 0 aromatic rings. The molecule has 3 heteroatoms. The van der Waals surface area contributed by atoms with Gasteiger partial charge >= 0.3 is 0 Å². The van der Waals surface area contributed by atoms with E-state index in [-0.39, 0.29) is 6.15 Å². The number of hydrogen-bond acceptors (Lipinski definition) is 2. The Morgan fingerprint density at radius 3 is 1.38 bits per heavy atom. The van der Waals surface area contributed by atoms with Gasteiger partial charge in [0.1, 0.15) is 0 Å². The Kier molecular flexibility index (Phi) is 6.36. The minimum atomic E-state index is 0. The molecule has 16 heavy (non-hydrogen) atoms. The van der Waals surface area contributed by atoms with Crippen molar-refractivity contribution >= 4 is 6.01 Å². The molecule has 0 atom stereocenters. The van der Waals surface area contributed by atoms with E-state index >= 15 is 0 Å². The van der Waals surface area contributed by atoms with Crippen molar-refractivity contribution in [1.29, 1.82) is 0 Å². The normalized spacial score (nSPS) is 23.0. The highest BCUT2D eigenvalue weighted by Gasteiger charge is 2.12. The molecule has 2 fully saturated rings. The lowest BCUT2D eigenvalue weighted by atomic mass is 9.96. The Morgan fingerprint density at radius 1 is 0.625 bits per heavy atom. The molecule has 2 aliphatic rings. The van der Waals surface area contributed by atoms with Gasteiger partial charge in [0, 0.05) is 6.15 Å². The van der Waals surface area contributed by atoms with Crippen LogP contribution in [0.1, 0.15) is 64.2 Å². The Morgan fingerprint density at radius 2 is 1.00 bits per heavy atom. The van der Waals surface area contributed by atoms with Crippen molar-refractivity contribution in [3.63, 3.8) is 0 Å². The van der Waals surface area contributed by atoms with Gasteiger partial charge in [0.25, 0.3) is 0 Å². The first kappa shape index (κ1) is 13.4. The zero-order chi connectivity index (χ0) is 10.3. The maximum atomic E-state index is 4.46. The van der Waals surface area contributed by atoms with Crippen LogP contribution in [0.2, 0.25) is 0 Å². The molecule has 89 valence electrons. The molecule has 0 aromatic heterocycles. The number of hydrogen-bond donors (Lipinski definition) is 0. The van der Waals surface area contributed by atoms with Crippen LogP contribution in [-0.4, -0.2) is 18.1 Å². The topological polar surface area (TPSA) is 55.2 Å². The van der Waals surface area contributed by atoms with Crippen molar-refractivity contribution < 1.29 is 0 Å². The van der Waals surface area contributed by atoms with Crippen molar-refractivity contribution in [3.05, 3.63) is 0 Å². The largest absolute Gasteiger partial charge is 0.222 e. The molecule has 0 heterocycles. The van der Waals surface area contributed by atoms with E-state index < -0.39 is 0 Å². The van der Waals surface area contributed by atoms with Gasteiger partial charge in [0.15, 0.2) is 0 Å². The molecule has 0 bridgehead atoms. The molecule has 0 saturated heterocycles.